The van der Waals surface area contributed by atoms with E-state index in [-0.39, 0.29) is 0 Å². The zero-order valence-electron chi connectivity index (χ0n) is 14.9. The van der Waals surface area contributed by atoms with E-state index in [0.29, 0.717) is 10.8 Å². The molecule has 0 N–H and O–H groups in total. The Morgan fingerprint density at radius 3 is 2.67 bits per heavy atom. The Kier molecular flexibility index (Phi) is 3.66. The average Bonchev–Trinajstić information content (AvgIpc) is 2.89. The Morgan fingerprint density at radius 2 is 2.00 bits per heavy atom. The summed E-state index contributed by atoms with van der Waals surface area (Å²) in [5.74, 6) is 4.32. The summed E-state index contributed by atoms with van der Waals surface area (Å²) in [7, 11) is 0. The van der Waals surface area contributed by atoms with Crippen molar-refractivity contribution >= 4 is 0 Å². The van der Waals surface area contributed by atoms with E-state index in [1.165, 1.54) is 25.7 Å². The highest BCUT2D eigenvalue weighted by atomic mass is 14.7. The summed E-state index contributed by atoms with van der Waals surface area (Å²) in [6.45, 7) is 14.9. The Labute approximate surface area is 132 Å². The van der Waals surface area contributed by atoms with Crippen LogP contribution >= 0.6 is 0 Å². The molecule has 0 amide bonds. The van der Waals surface area contributed by atoms with Crippen molar-refractivity contribution in [3.05, 3.63) is 23.8 Å². The molecule has 0 heterocycles. The van der Waals surface area contributed by atoms with Gasteiger partial charge in [0.1, 0.15) is 0 Å². The van der Waals surface area contributed by atoms with Crippen LogP contribution in [0.3, 0.4) is 0 Å². The third-order valence-corrected chi connectivity index (χ3v) is 7.24. The second-order valence-corrected chi connectivity index (χ2v) is 9.39. The van der Waals surface area contributed by atoms with Gasteiger partial charge < -0.3 is 0 Å². The lowest BCUT2D eigenvalue weighted by atomic mass is 9.61. The van der Waals surface area contributed by atoms with E-state index < -0.39 is 0 Å². The van der Waals surface area contributed by atoms with Gasteiger partial charge in [-0.1, -0.05) is 58.4 Å². The van der Waals surface area contributed by atoms with E-state index in [0.717, 1.165) is 29.6 Å². The van der Waals surface area contributed by atoms with E-state index in [4.69, 9.17) is 0 Å². The van der Waals surface area contributed by atoms with Gasteiger partial charge in [0.15, 0.2) is 0 Å². The van der Waals surface area contributed by atoms with Gasteiger partial charge in [-0.05, 0) is 73.0 Å². The topological polar surface area (TPSA) is 0 Å². The van der Waals surface area contributed by atoms with E-state index in [1.54, 1.807) is 5.57 Å². The summed E-state index contributed by atoms with van der Waals surface area (Å²) in [5, 5.41) is 0. The first kappa shape index (κ1) is 15.4. The van der Waals surface area contributed by atoms with Crippen molar-refractivity contribution in [1.29, 1.82) is 0 Å². The summed E-state index contributed by atoms with van der Waals surface area (Å²) in [6, 6.07) is 0. The van der Waals surface area contributed by atoms with Crippen molar-refractivity contribution in [2.75, 3.05) is 0 Å². The molecule has 0 aliphatic heterocycles. The second kappa shape index (κ2) is 5.00. The van der Waals surface area contributed by atoms with Crippen LogP contribution in [0.15, 0.2) is 23.8 Å². The molecule has 1 saturated carbocycles. The molecule has 0 aromatic heterocycles. The van der Waals surface area contributed by atoms with E-state index in [9.17, 15) is 0 Å². The Morgan fingerprint density at radius 1 is 1.29 bits per heavy atom. The van der Waals surface area contributed by atoms with Gasteiger partial charge >= 0.3 is 0 Å². The Bertz CT molecular complexity index is 466. The fraction of sp³-hybridized carbons (Fsp3) is 0.810. The number of rotatable bonds is 3. The molecule has 2 unspecified atom stereocenters. The highest BCUT2D eigenvalue weighted by Crippen LogP contribution is 2.70. The minimum absolute atomic E-state index is 0.477. The molecule has 0 radical (unpaired) electrons. The lowest BCUT2D eigenvalue weighted by Gasteiger charge is -2.43. The van der Waals surface area contributed by atoms with Crippen molar-refractivity contribution in [1.82, 2.24) is 0 Å². The van der Waals surface area contributed by atoms with Crippen LogP contribution in [-0.4, -0.2) is 0 Å². The second-order valence-electron chi connectivity index (χ2n) is 9.39. The van der Waals surface area contributed by atoms with Gasteiger partial charge in [-0.3, -0.25) is 0 Å². The summed E-state index contributed by atoms with van der Waals surface area (Å²) >= 11 is 0. The van der Waals surface area contributed by atoms with Gasteiger partial charge in [-0.25, -0.2) is 0 Å². The molecular formula is C21H34. The lowest BCUT2D eigenvalue weighted by Crippen LogP contribution is -2.35. The summed E-state index contributed by atoms with van der Waals surface area (Å²) in [6.07, 6.45) is 12.9. The zero-order valence-corrected chi connectivity index (χ0v) is 14.9. The van der Waals surface area contributed by atoms with Gasteiger partial charge in [-0.15, -0.1) is 0 Å². The van der Waals surface area contributed by atoms with Gasteiger partial charge in [0.2, 0.25) is 0 Å². The summed E-state index contributed by atoms with van der Waals surface area (Å²) in [4.78, 5) is 0. The van der Waals surface area contributed by atoms with Crippen LogP contribution in [0.5, 0.6) is 0 Å². The van der Waals surface area contributed by atoms with Gasteiger partial charge in [-0.2, -0.15) is 0 Å². The molecule has 0 aromatic carbocycles. The maximum Gasteiger partial charge on any atom is -0.0143 e. The molecule has 6 atom stereocenters. The van der Waals surface area contributed by atoms with Crippen molar-refractivity contribution < 1.29 is 0 Å². The average molecular weight is 287 g/mol. The smallest absolute Gasteiger partial charge is 0.0143 e. The number of allylic oxidation sites excluding steroid dienone is 4. The quantitative estimate of drug-likeness (QED) is 0.538. The van der Waals surface area contributed by atoms with Crippen LogP contribution in [0.1, 0.15) is 67.2 Å². The Balaban J connectivity index is 1.73. The molecule has 0 spiro atoms. The third-order valence-electron chi connectivity index (χ3n) is 7.24. The van der Waals surface area contributed by atoms with Gasteiger partial charge in [0.25, 0.3) is 0 Å². The van der Waals surface area contributed by atoms with Crippen LogP contribution in [0.25, 0.3) is 0 Å². The van der Waals surface area contributed by atoms with E-state index >= 15 is 0 Å². The van der Waals surface area contributed by atoms with E-state index in [1.807, 2.05) is 0 Å². The van der Waals surface area contributed by atoms with Crippen molar-refractivity contribution in [3.8, 4) is 0 Å². The third kappa shape index (κ3) is 2.53. The first-order chi connectivity index (χ1) is 9.75. The van der Waals surface area contributed by atoms with Gasteiger partial charge in [0, 0.05) is 0 Å². The monoisotopic (exact) mass is 286 g/mol. The summed E-state index contributed by atoms with van der Waals surface area (Å²) in [5.41, 5.74) is 2.69. The molecule has 3 aliphatic carbocycles. The fourth-order valence-electron chi connectivity index (χ4n) is 6.22. The zero-order chi connectivity index (χ0) is 15.4. The SMILES string of the molecule is CC1=C[C@@H](C)C[C@@H](CC(C)(C)C2CC=C[C@H]3[C@H](C)C23C)C1. The highest BCUT2D eigenvalue weighted by molar-refractivity contribution is 5.23. The van der Waals surface area contributed by atoms with Crippen LogP contribution in [0.2, 0.25) is 0 Å². The van der Waals surface area contributed by atoms with Crippen LogP contribution < -0.4 is 0 Å². The lowest BCUT2D eigenvalue weighted by molar-refractivity contribution is 0.0803. The highest BCUT2D eigenvalue weighted by Gasteiger charge is 2.64. The fourth-order valence-corrected chi connectivity index (χ4v) is 6.22. The molecule has 0 nitrogen and oxygen atoms in total. The maximum absolute atomic E-state index is 2.56. The first-order valence-corrected chi connectivity index (χ1v) is 9.09. The molecule has 0 bridgehead atoms. The molecule has 0 saturated heterocycles. The minimum atomic E-state index is 0.477. The molecule has 0 heteroatoms. The van der Waals surface area contributed by atoms with Crippen molar-refractivity contribution in [2.45, 2.75) is 67.2 Å². The molecule has 3 rings (SSSR count). The van der Waals surface area contributed by atoms with Crippen LogP contribution in [0.4, 0.5) is 0 Å². The van der Waals surface area contributed by atoms with Gasteiger partial charge in [0.05, 0.1) is 0 Å². The van der Waals surface area contributed by atoms with Crippen molar-refractivity contribution in [3.63, 3.8) is 0 Å². The van der Waals surface area contributed by atoms with Crippen molar-refractivity contribution in [2.24, 2.45) is 40.4 Å². The molecule has 3 aliphatic rings. The minimum Gasteiger partial charge on any atom is -0.0879 e. The largest absolute Gasteiger partial charge is 0.0879 e. The molecule has 21 heavy (non-hydrogen) atoms. The summed E-state index contributed by atoms with van der Waals surface area (Å²) < 4.78 is 0. The predicted octanol–water partition coefficient (Wildman–Crippen LogP) is 6.24. The molecular weight excluding hydrogens is 252 g/mol. The van der Waals surface area contributed by atoms with Crippen LogP contribution in [-0.2, 0) is 0 Å². The number of hydrogen-bond donors (Lipinski definition) is 0. The number of hydrogen-bond acceptors (Lipinski definition) is 0. The number of fused-ring (bicyclic) bond motifs is 1. The van der Waals surface area contributed by atoms with Crippen LogP contribution in [0, 0.1) is 40.4 Å². The normalized spacial score (nSPS) is 46.0. The molecule has 0 aromatic rings. The Hall–Kier alpha value is -0.520. The first-order valence-electron chi connectivity index (χ1n) is 9.09. The maximum atomic E-state index is 2.56. The molecule has 1 fully saturated rings. The predicted molar refractivity (Wildman–Crippen MR) is 92.1 cm³/mol. The standard InChI is InChI=1S/C21H34/c1-14-10-15(2)12-17(11-14)13-20(4,5)19-9-7-8-18-16(3)21(18,19)6/h7-8,10,14,16-19H,9,11-13H2,1-6H3/t14-,16+,17-,18+,19?,21?/m1/s1. The van der Waals surface area contributed by atoms with E-state index in [2.05, 4.69) is 59.8 Å². The molecule has 118 valence electrons.